The molecular weight excluding hydrogens is 182 g/mol. The molecule has 0 aliphatic heterocycles. The van der Waals surface area contributed by atoms with E-state index in [1.165, 1.54) is 6.26 Å². The molecule has 0 aromatic heterocycles. The van der Waals surface area contributed by atoms with Gasteiger partial charge in [0.2, 0.25) is 0 Å². The van der Waals surface area contributed by atoms with Crippen LogP contribution in [0.5, 0.6) is 0 Å². The van der Waals surface area contributed by atoms with Crippen molar-refractivity contribution in [1.82, 2.24) is 5.32 Å². The van der Waals surface area contributed by atoms with E-state index in [-0.39, 0.29) is 0 Å². The van der Waals surface area contributed by atoms with Crippen molar-refractivity contribution in [2.45, 2.75) is 6.54 Å². The quantitative estimate of drug-likeness (QED) is 0.587. The maximum Gasteiger partial charge on any atom is 0.261 e. The Labute approximate surface area is 83.2 Å². The van der Waals surface area contributed by atoms with Crippen molar-refractivity contribution in [3.8, 4) is 0 Å². The van der Waals surface area contributed by atoms with Crippen LogP contribution in [0.15, 0.2) is 43.2 Å². The van der Waals surface area contributed by atoms with Crippen molar-refractivity contribution in [3.63, 3.8) is 0 Å². The highest BCUT2D eigenvalue weighted by Gasteiger charge is 1.93. The second-order valence-electron chi connectivity index (χ2n) is 2.41. The fourth-order valence-corrected chi connectivity index (χ4v) is 1.03. The number of ether oxygens (including phenoxy) is 1. The van der Waals surface area contributed by atoms with Crippen LogP contribution in [0.1, 0.15) is 5.56 Å². The number of rotatable bonds is 3. The third-order valence-corrected chi connectivity index (χ3v) is 1.71. The van der Waals surface area contributed by atoms with Gasteiger partial charge >= 0.3 is 0 Å². The summed E-state index contributed by atoms with van der Waals surface area (Å²) in [5.41, 5.74) is 1.16. The van der Waals surface area contributed by atoms with Crippen LogP contribution in [0.25, 0.3) is 0 Å². The number of hydrogen-bond donors (Lipinski definition) is 1. The largest absolute Gasteiger partial charge is 0.441 e. The molecule has 0 aliphatic carbocycles. The van der Waals surface area contributed by atoms with E-state index >= 15 is 0 Å². The summed E-state index contributed by atoms with van der Waals surface area (Å²) in [6.07, 6.45) is 1.31. The monoisotopic (exact) mass is 193 g/mol. The molecule has 3 heteroatoms. The van der Waals surface area contributed by atoms with E-state index in [1.807, 2.05) is 30.3 Å². The molecule has 1 aromatic rings. The van der Waals surface area contributed by atoms with Crippen LogP contribution in [-0.2, 0) is 11.3 Å². The first-order valence-electron chi connectivity index (χ1n) is 3.92. The van der Waals surface area contributed by atoms with Gasteiger partial charge in [-0.15, -0.1) is 0 Å². The lowest BCUT2D eigenvalue weighted by molar-refractivity contribution is 0.459. The normalized spacial score (nSPS) is 8.92. The van der Waals surface area contributed by atoms with Gasteiger partial charge < -0.3 is 10.1 Å². The van der Waals surface area contributed by atoms with Crippen LogP contribution in [0.4, 0.5) is 0 Å². The molecule has 68 valence electrons. The summed E-state index contributed by atoms with van der Waals surface area (Å²) in [6, 6.07) is 9.97. The Kier molecular flexibility index (Phi) is 3.99. The molecule has 2 nitrogen and oxygen atoms in total. The van der Waals surface area contributed by atoms with Crippen molar-refractivity contribution >= 4 is 17.4 Å². The molecule has 0 saturated carbocycles. The van der Waals surface area contributed by atoms with E-state index in [9.17, 15) is 0 Å². The van der Waals surface area contributed by atoms with E-state index in [0.29, 0.717) is 11.7 Å². The molecule has 0 fully saturated rings. The molecule has 0 spiro atoms. The SMILES string of the molecule is C=COC(=S)NCc1ccccc1. The Morgan fingerprint density at radius 3 is 2.77 bits per heavy atom. The van der Waals surface area contributed by atoms with Gasteiger partial charge in [-0.05, 0) is 17.8 Å². The molecule has 1 N–H and O–H groups in total. The van der Waals surface area contributed by atoms with Crippen LogP contribution in [0, 0.1) is 0 Å². The molecule has 0 bridgehead atoms. The minimum absolute atomic E-state index is 0.346. The van der Waals surface area contributed by atoms with Gasteiger partial charge in [0, 0.05) is 6.54 Å². The van der Waals surface area contributed by atoms with E-state index < -0.39 is 0 Å². The molecule has 13 heavy (non-hydrogen) atoms. The van der Waals surface area contributed by atoms with Crippen LogP contribution in [-0.4, -0.2) is 5.17 Å². The van der Waals surface area contributed by atoms with Gasteiger partial charge in [-0.2, -0.15) is 0 Å². The molecular formula is C10H11NOS. The zero-order valence-electron chi connectivity index (χ0n) is 7.19. The summed E-state index contributed by atoms with van der Waals surface area (Å²) in [5, 5.41) is 3.28. The topological polar surface area (TPSA) is 21.3 Å². The predicted octanol–water partition coefficient (Wildman–Crippen LogP) is 2.22. The molecule has 0 unspecified atom stereocenters. The number of nitrogens with one attached hydrogen (secondary N) is 1. The molecule has 0 aliphatic rings. The van der Waals surface area contributed by atoms with Crippen LogP contribution < -0.4 is 5.32 Å². The summed E-state index contributed by atoms with van der Waals surface area (Å²) in [7, 11) is 0. The Morgan fingerprint density at radius 1 is 1.46 bits per heavy atom. The lowest BCUT2D eigenvalue weighted by atomic mass is 10.2. The van der Waals surface area contributed by atoms with Crippen LogP contribution in [0.3, 0.4) is 0 Å². The molecule has 0 radical (unpaired) electrons. The first-order chi connectivity index (χ1) is 6.33. The molecule has 1 aromatic carbocycles. The number of benzene rings is 1. The highest BCUT2D eigenvalue weighted by Crippen LogP contribution is 1.97. The minimum atomic E-state index is 0.346. The lowest BCUT2D eigenvalue weighted by Crippen LogP contribution is -2.21. The first kappa shape index (κ1) is 9.74. The molecule has 0 amide bonds. The Balaban J connectivity index is 2.35. The minimum Gasteiger partial charge on any atom is -0.441 e. The predicted molar refractivity (Wildman–Crippen MR) is 57.2 cm³/mol. The van der Waals surface area contributed by atoms with Gasteiger partial charge in [-0.3, -0.25) is 0 Å². The van der Waals surface area contributed by atoms with E-state index in [4.69, 9.17) is 17.0 Å². The molecule has 0 atom stereocenters. The summed E-state index contributed by atoms with van der Waals surface area (Å²) in [6.45, 7) is 4.08. The van der Waals surface area contributed by atoms with E-state index in [2.05, 4.69) is 11.9 Å². The van der Waals surface area contributed by atoms with Crippen molar-refractivity contribution in [2.75, 3.05) is 0 Å². The number of hydrogen-bond acceptors (Lipinski definition) is 2. The van der Waals surface area contributed by atoms with Crippen molar-refractivity contribution in [2.24, 2.45) is 0 Å². The van der Waals surface area contributed by atoms with Gasteiger partial charge in [-0.25, -0.2) is 0 Å². The Bertz CT molecular complexity index is 284. The third-order valence-electron chi connectivity index (χ3n) is 1.47. The highest BCUT2D eigenvalue weighted by molar-refractivity contribution is 7.80. The van der Waals surface area contributed by atoms with Gasteiger partial charge in [0.15, 0.2) is 0 Å². The highest BCUT2D eigenvalue weighted by atomic mass is 32.1. The summed E-state index contributed by atoms with van der Waals surface area (Å²) in [5.74, 6) is 0. The van der Waals surface area contributed by atoms with Crippen LogP contribution >= 0.6 is 12.2 Å². The maximum atomic E-state index is 4.85. The second-order valence-corrected chi connectivity index (χ2v) is 2.78. The van der Waals surface area contributed by atoms with Crippen LogP contribution in [0.2, 0.25) is 0 Å². The molecule has 1 rings (SSSR count). The fraction of sp³-hybridized carbons (Fsp3) is 0.100. The average molecular weight is 193 g/mol. The third kappa shape index (κ3) is 3.71. The van der Waals surface area contributed by atoms with Gasteiger partial charge in [-0.1, -0.05) is 36.9 Å². The maximum absolute atomic E-state index is 4.85. The van der Waals surface area contributed by atoms with Crippen molar-refractivity contribution in [3.05, 3.63) is 48.7 Å². The fourth-order valence-electron chi connectivity index (χ4n) is 0.887. The second kappa shape index (κ2) is 5.32. The van der Waals surface area contributed by atoms with Gasteiger partial charge in [0.05, 0.1) is 6.26 Å². The standard InChI is InChI=1S/C10H11NOS/c1-2-12-10(13)11-8-9-6-4-3-5-7-9/h2-7H,1,8H2,(H,11,13). The smallest absolute Gasteiger partial charge is 0.261 e. The van der Waals surface area contributed by atoms with Crippen molar-refractivity contribution < 1.29 is 4.74 Å². The van der Waals surface area contributed by atoms with E-state index in [1.54, 1.807) is 0 Å². The zero-order chi connectivity index (χ0) is 9.52. The Morgan fingerprint density at radius 2 is 2.15 bits per heavy atom. The average Bonchev–Trinajstić information content (AvgIpc) is 2.17. The van der Waals surface area contributed by atoms with Gasteiger partial charge in [0.1, 0.15) is 0 Å². The summed E-state index contributed by atoms with van der Waals surface area (Å²) in [4.78, 5) is 0. The summed E-state index contributed by atoms with van der Waals surface area (Å²) < 4.78 is 4.85. The summed E-state index contributed by atoms with van der Waals surface area (Å²) >= 11 is 4.85. The lowest BCUT2D eigenvalue weighted by Gasteiger charge is -2.05. The number of thiocarbonyl (C=S) groups is 1. The molecule has 0 saturated heterocycles. The first-order valence-corrected chi connectivity index (χ1v) is 4.33. The van der Waals surface area contributed by atoms with Crippen molar-refractivity contribution in [1.29, 1.82) is 0 Å². The Hall–Kier alpha value is -1.35. The van der Waals surface area contributed by atoms with E-state index in [0.717, 1.165) is 5.56 Å². The van der Waals surface area contributed by atoms with Gasteiger partial charge in [0.25, 0.3) is 5.17 Å². The molecule has 0 heterocycles. The zero-order valence-corrected chi connectivity index (χ0v) is 8.01.